The van der Waals surface area contributed by atoms with Gasteiger partial charge >= 0.3 is 0 Å². The molecule has 1 N–H and O–H groups in total. The average molecular weight is 213 g/mol. The van der Waals surface area contributed by atoms with Crippen LogP contribution in [0.25, 0.3) is 0 Å². The Morgan fingerprint density at radius 1 is 1.67 bits per heavy atom. The fourth-order valence-electron chi connectivity index (χ4n) is 2.09. The van der Waals surface area contributed by atoms with E-state index >= 15 is 0 Å². The van der Waals surface area contributed by atoms with Crippen LogP contribution in [0.2, 0.25) is 0 Å². The van der Waals surface area contributed by atoms with Gasteiger partial charge in [-0.3, -0.25) is 9.58 Å². The second-order valence-corrected chi connectivity index (χ2v) is 4.12. The summed E-state index contributed by atoms with van der Waals surface area (Å²) in [5, 5.41) is 13.2. The predicted octanol–water partition coefficient (Wildman–Crippen LogP) is 0.325. The van der Waals surface area contributed by atoms with Gasteiger partial charge in [0.1, 0.15) is 6.17 Å². The van der Waals surface area contributed by atoms with E-state index < -0.39 is 6.17 Å². The van der Waals surface area contributed by atoms with E-state index in [1.807, 2.05) is 18.1 Å². The van der Waals surface area contributed by atoms with Crippen molar-refractivity contribution in [1.29, 1.82) is 0 Å². The zero-order valence-corrected chi connectivity index (χ0v) is 8.80. The zero-order chi connectivity index (χ0) is 10.8. The number of aryl methyl sites for hydroxylation is 1. The maximum Gasteiger partial charge on any atom is 0.114 e. The number of hydrogen-bond acceptors (Lipinski definition) is 3. The molecule has 4 nitrogen and oxygen atoms in total. The van der Waals surface area contributed by atoms with Gasteiger partial charge < -0.3 is 5.11 Å². The molecule has 0 spiro atoms. The van der Waals surface area contributed by atoms with Gasteiger partial charge in [-0.2, -0.15) is 5.10 Å². The van der Waals surface area contributed by atoms with Crippen LogP contribution in [0.4, 0.5) is 4.39 Å². The molecule has 0 unspecified atom stereocenters. The highest BCUT2D eigenvalue weighted by Crippen LogP contribution is 2.21. The third-order valence-corrected chi connectivity index (χ3v) is 2.83. The van der Waals surface area contributed by atoms with E-state index in [9.17, 15) is 4.39 Å². The summed E-state index contributed by atoms with van der Waals surface area (Å²) >= 11 is 0. The largest absolute Gasteiger partial charge is 0.395 e. The van der Waals surface area contributed by atoms with Crippen LogP contribution in [-0.2, 0) is 13.6 Å². The summed E-state index contributed by atoms with van der Waals surface area (Å²) in [4.78, 5) is 1.97. The van der Waals surface area contributed by atoms with Crippen LogP contribution in [0.5, 0.6) is 0 Å². The van der Waals surface area contributed by atoms with E-state index in [4.69, 9.17) is 5.11 Å². The zero-order valence-electron chi connectivity index (χ0n) is 8.80. The number of aromatic nitrogens is 2. The summed E-state index contributed by atoms with van der Waals surface area (Å²) in [5.41, 5.74) is 1.06. The van der Waals surface area contributed by atoms with E-state index in [0.29, 0.717) is 19.5 Å². The van der Waals surface area contributed by atoms with E-state index in [-0.39, 0.29) is 12.6 Å². The van der Waals surface area contributed by atoms with Crippen molar-refractivity contribution in [3.63, 3.8) is 0 Å². The molecule has 0 bridgehead atoms. The van der Waals surface area contributed by atoms with Crippen molar-refractivity contribution in [1.82, 2.24) is 14.7 Å². The summed E-state index contributed by atoms with van der Waals surface area (Å²) in [7, 11) is 1.86. The number of hydrogen-bond donors (Lipinski definition) is 1. The molecule has 0 aliphatic carbocycles. The Morgan fingerprint density at radius 3 is 3.07 bits per heavy atom. The van der Waals surface area contributed by atoms with Gasteiger partial charge in [-0.05, 0) is 6.42 Å². The summed E-state index contributed by atoms with van der Waals surface area (Å²) in [5.74, 6) is 0. The van der Waals surface area contributed by atoms with Crippen LogP contribution in [-0.4, -0.2) is 45.2 Å². The first-order valence-electron chi connectivity index (χ1n) is 5.15. The highest BCUT2D eigenvalue weighted by atomic mass is 19.1. The summed E-state index contributed by atoms with van der Waals surface area (Å²) in [6.45, 7) is 1.11. The van der Waals surface area contributed by atoms with Gasteiger partial charge in [0, 0.05) is 37.9 Å². The van der Waals surface area contributed by atoms with Gasteiger partial charge in [-0.25, -0.2) is 4.39 Å². The van der Waals surface area contributed by atoms with Gasteiger partial charge in [-0.15, -0.1) is 0 Å². The normalized spacial score (nSPS) is 27.4. The Balaban J connectivity index is 1.99. The minimum absolute atomic E-state index is 0.0285. The van der Waals surface area contributed by atoms with E-state index in [1.54, 1.807) is 10.9 Å². The minimum atomic E-state index is -0.807. The second kappa shape index (κ2) is 4.28. The Labute approximate surface area is 88.3 Å². The molecule has 5 heteroatoms. The van der Waals surface area contributed by atoms with Gasteiger partial charge in [-0.1, -0.05) is 0 Å². The lowest BCUT2D eigenvalue weighted by Gasteiger charge is -2.21. The number of rotatable bonds is 3. The highest BCUT2D eigenvalue weighted by molar-refractivity contribution is 5.04. The first-order chi connectivity index (χ1) is 7.19. The first-order valence-corrected chi connectivity index (χ1v) is 5.15. The van der Waals surface area contributed by atoms with Crippen LogP contribution in [0.1, 0.15) is 12.0 Å². The molecule has 2 heterocycles. The van der Waals surface area contributed by atoms with Crippen molar-refractivity contribution < 1.29 is 9.50 Å². The first kappa shape index (κ1) is 10.6. The Kier molecular flexibility index (Phi) is 3.02. The number of halogens is 1. The third-order valence-electron chi connectivity index (χ3n) is 2.83. The van der Waals surface area contributed by atoms with Crippen molar-refractivity contribution >= 4 is 0 Å². The van der Waals surface area contributed by atoms with E-state index in [0.717, 1.165) is 5.56 Å². The molecule has 1 aromatic rings. The molecular weight excluding hydrogens is 197 g/mol. The molecule has 0 amide bonds. The molecule has 1 aliphatic rings. The molecule has 1 saturated heterocycles. The number of likely N-dealkylation sites (tertiary alicyclic amines) is 1. The van der Waals surface area contributed by atoms with Gasteiger partial charge in [0.25, 0.3) is 0 Å². The summed E-state index contributed by atoms with van der Waals surface area (Å²) in [6.07, 6.45) is 3.33. The standard InChI is InChI=1S/C10H16FN3O/c1-13-4-8(3-12-13)5-14-6-9(11)2-10(14)7-15/h3-4,9-10,15H,2,5-7H2,1H3/t9-,10-/m0/s1. The molecule has 15 heavy (non-hydrogen) atoms. The maximum absolute atomic E-state index is 13.1. The van der Waals surface area contributed by atoms with Gasteiger partial charge in [0.15, 0.2) is 0 Å². The molecular formula is C10H16FN3O. The van der Waals surface area contributed by atoms with Crippen LogP contribution >= 0.6 is 0 Å². The Bertz CT molecular complexity index is 328. The topological polar surface area (TPSA) is 41.3 Å². The monoisotopic (exact) mass is 213 g/mol. The molecule has 2 atom stereocenters. The van der Waals surface area contributed by atoms with Crippen LogP contribution in [0, 0.1) is 0 Å². The average Bonchev–Trinajstić information content (AvgIpc) is 2.73. The van der Waals surface area contributed by atoms with Crippen molar-refractivity contribution in [2.75, 3.05) is 13.2 Å². The lowest BCUT2D eigenvalue weighted by Crippen LogP contribution is -2.31. The van der Waals surface area contributed by atoms with Crippen LogP contribution in [0.3, 0.4) is 0 Å². The molecule has 0 radical (unpaired) electrons. The molecule has 2 rings (SSSR count). The summed E-state index contributed by atoms with van der Waals surface area (Å²) in [6, 6.07) is -0.0415. The molecule has 1 aromatic heterocycles. The molecule has 0 aromatic carbocycles. The highest BCUT2D eigenvalue weighted by Gasteiger charge is 2.31. The third kappa shape index (κ3) is 2.35. The number of aliphatic hydroxyl groups excluding tert-OH is 1. The maximum atomic E-state index is 13.1. The molecule has 84 valence electrons. The number of aliphatic hydroxyl groups is 1. The van der Waals surface area contributed by atoms with E-state index in [1.165, 1.54) is 0 Å². The summed E-state index contributed by atoms with van der Waals surface area (Å²) < 4.78 is 14.9. The molecule has 1 fully saturated rings. The van der Waals surface area contributed by atoms with Crippen molar-refractivity contribution in [2.45, 2.75) is 25.2 Å². The lowest BCUT2D eigenvalue weighted by atomic mass is 10.2. The van der Waals surface area contributed by atoms with Crippen LogP contribution in [0.15, 0.2) is 12.4 Å². The van der Waals surface area contributed by atoms with Crippen molar-refractivity contribution in [3.05, 3.63) is 18.0 Å². The quantitative estimate of drug-likeness (QED) is 0.786. The fourth-order valence-corrected chi connectivity index (χ4v) is 2.09. The van der Waals surface area contributed by atoms with Gasteiger partial charge in [0.05, 0.1) is 12.8 Å². The lowest BCUT2D eigenvalue weighted by molar-refractivity contribution is 0.153. The Morgan fingerprint density at radius 2 is 2.47 bits per heavy atom. The molecule has 0 saturated carbocycles. The predicted molar refractivity (Wildman–Crippen MR) is 54.0 cm³/mol. The van der Waals surface area contributed by atoms with Crippen molar-refractivity contribution in [3.8, 4) is 0 Å². The van der Waals surface area contributed by atoms with Crippen molar-refractivity contribution in [2.24, 2.45) is 7.05 Å². The molecule has 1 aliphatic heterocycles. The smallest absolute Gasteiger partial charge is 0.114 e. The fraction of sp³-hybridized carbons (Fsp3) is 0.700. The SMILES string of the molecule is Cn1cc(CN2C[C@@H](F)C[C@H]2CO)cn1. The van der Waals surface area contributed by atoms with E-state index in [2.05, 4.69) is 5.10 Å². The van der Waals surface area contributed by atoms with Gasteiger partial charge in [0.2, 0.25) is 0 Å². The van der Waals surface area contributed by atoms with Crippen LogP contribution < -0.4 is 0 Å². The Hall–Kier alpha value is -0.940. The second-order valence-electron chi connectivity index (χ2n) is 4.12. The number of nitrogens with zero attached hydrogens (tertiary/aromatic N) is 3. The minimum Gasteiger partial charge on any atom is -0.395 e. The number of alkyl halides is 1.